The molecule has 0 aromatic rings. The summed E-state index contributed by atoms with van der Waals surface area (Å²) in [4.78, 5) is 0. The van der Waals surface area contributed by atoms with Gasteiger partial charge in [0.1, 0.15) is 0 Å². The van der Waals surface area contributed by atoms with Gasteiger partial charge in [-0.2, -0.15) is 0 Å². The Morgan fingerprint density at radius 3 is 1.33 bits per heavy atom. The van der Waals surface area contributed by atoms with Crippen molar-refractivity contribution in [2.75, 3.05) is 30.5 Å². The maximum atomic E-state index is 5.86. The fraction of sp³-hybridized carbons (Fsp3) is 1.00. The number of unbranched alkanes of at least 4 members (excludes halogenated alkanes) is 4. The van der Waals surface area contributed by atoms with Gasteiger partial charge in [0.05, 0.1) is 0 Å². The molecule has 0 aliphatic rings. The standard InChI is InChI=1S/C16H36ClP/c1-4-7-13-18(14-8-5-2,15-9-6-3)16-11-10-12-17/h18H,4-16H2,1-3H3. The monoisotopic (exact) mass is 294 g/mol. The van der Waals surface area contributed by atoms with Crippen molar-refractivity contribution in [2.24, 2.45) is 0 Å². The minimum atomic E-state index is -0.954. The molecule has 0 saturated heterocycles. The van der Waals surface area contributed by atoms with Crippen LogP contribution in [0.1, 0.15) is 72.1 Å². The molecule has 0 N–H and O–H groups in total. The molecule has 0 rings (SSSR count). The van der Waals surface area contributed by atoms with E-state index in [1.165, 1.54) is 51.4 Å². The van der Waals surface area contributed by atoms with Gasteiger partial charge in [-0.1, -0.05) is 0 Å². The van der Waals surface area contributed by atoms with E-state index < -0.39 is 7.26 Å². The summed E-state index contributed by atoms with van der Waals surface area (Å²) in [6.45, 7) is 7.03. The van der Waals surface area contributed by atoms with Crippen LogP contribution < -0.4 is 0 Å². The van der Waals surface area contributed by atoms with Crippen LogP contribution in [0.2, 0.25) is 0 Å². The molecule has 0 aromatic carbocycles. The third kappa shape index (κ3) is 8.76. The van der Waals surface area contributed by atoms with Crippen LogP contribution in [-0.4, -0.2) is 30.5 Å². The van der Waals surface area contributed by atoms with Gasteiger partial charge in [-0.05, 0) is 0 Å². The summed E-state index contributed by atoms with van der Waals surface area (Å²) in [6.07, 6.45) is 17.5. The number of halogens is 1. The second kappa shape index (κ2) is 12.7. The third-order valence-electron chi connectivity index (χ3n) is 4.27. The topological polar surface area (TPSA) is 0 Å². The molecular weight excluding hydrogens is 259 g/mol. The number of hydrogen-bond acceptors (Lipinski definition) is 0. The van der Waals surface area contributed by atoms with E-state index in [0.29, 0.717) is 0 Å². The maximum absolute atomic E-state index is 5.86. The van der Waals surface area contributed by atoms with Gasteiger partial charge >= 0.3 is 122 Å². The zero-order valence-corrected chi connectivity index (χ0v) is 14.8. The Labute approximate surface area is 122 Å². The number of rotatable bonds is 13. The molecule has 0 heterocycles. The Bertz CT molecular complexity index is 149. The van der Waals surface area contributed by atoms with Crippen molar-refractivity contribution in [1.29, 1.82) is 0 Å². The Kier molecular flexibility index (Phi) is 13.2. The first kappa shape index (κ1) is 18.7. The second-order valence-corrected chi connectivity index (χ2v) is 11.3. The molecule has 112 valence electrons. The Balaban J connectivity index is 4.41. The molecule has 0 bridgehead atoms. The van der Waals surface area contributed by atoms with E-state index in [9.17, 15) is 0 Å². The van der Waals surface area contributed by atoms with E-state index in [1.54, 1.807) is 24.6 Å². The van der Waals surface area contributed by atoms with Crippen LogP contribution in [0.5, 0.6) is 0 Å². The van der Waals surface area contributed by atoms with Gasteiger partial charge in [-0.25, -0.2) is 0 Å². The molecule has 0 atom stereocenters. The Hall–Kier alpha value is 0.720. The van der Waals surface area contributed by atoms with Gasteiger partial charge in [0.2, 0.25) is 0 Å². The Morgan fingerprint density at radius 2 is 1.00 bits per heavy atom. The van der Waals surface area contributed by atoms with E-state index >= 15 is 0 Å². The third-order valence-corrected chi connectivity index (χ3v) is 10.2. The average molecular weight is 295 g/mol. The Morgan fingerprint density at radius 1 is 0.611 bits per heavy atom. The number of alkyl halides is 1. The van der Waals surface area contributed by atoms with Gasteiger partial charge in [0.25, 0.3) is 0 Å². The van der Waals surface area contributed by atoms with Crippen molar-refractivity contribution < 1.29 is 0 Å². The molecule has 0 aliphatic heterocycles. The van der Waals surface area contributed by atoms with Gasteiger partial charge in [0, 0.05) is 0 Å². The molecule has 0 saturated carbocycles. The van der Waals surface area contributed by atoms with Crippen LogP contribution in [0.25, 0.3) is 0 Å². The van der Waals surface area contributed by atoms with Gasteiger partial charge in [-0.3, -0.25) is 0 Å². The first-order valence-electron chi connectivity index (χ1n) is 8.30. The van der Waals surface area contributed by atoms with Crippen LogP contribution in [0, 0.1) is 0 Å². The quantitative estimate of drug-likeness (QED) is 0.217. The molecule has 0 amide bonds. The summed E-state index contributed by atoms with van der Waals surface area (Å²) in [6, 6.07) is 0. The first-order chi connectivity index (χ1) is 8.74. The van der Waals surface area contributed by atoms with Crippen molar-refractivity contribution in [2.45, 2.75) is 72.1 Å². The van der Waals surface area contributed by atoms with Crippen molar-refractivity contribution in [3.8, 4) is 0 Å². The van der Waals surface area contributed by atoms with Crippen molar-refractivity contribution in [3.05, 3.63) is 0 Å². The zero-order valence-electron chi connectivity index (χ0n) is 13.1. The fourth-order valence-electron chi connectivity index (χ4n) is 3.00. The van der Waals surface area contributed by atoms with E-state index in [1.807, 2.05) is 0 Å². The number of hydrogen-bond donors (Lipinski definition) is 0. The van der Waals surface area contributed by atoms with E-state index in [0.717, 1.165) is 5.88 Å². The van der Waals surface area contributed by atoms with Crippen molar-refractivity contribution in [3.63, 3.8) is 0 Å². The van der Waals surface area contributed by atoms with E-state index in [2.05, 4.69) is 20.8 Å². The predicted octanol–water partition coefficient (Wildman–Crippen LogP) is 6.16. The van der Waals surface area contributed by atoms with Crippen molar-refractivity contribution >= 4 is 18.9 Å². The SMILES string of the molecule is CCCC[PH](CCCC)(CCCC)CCCCCl. The normalized spacial score (nSPS) is 12.9. The molecule has 0 radical (unpaired) electrons. The van der Waals surface area contributed by atoms with Crippen LogP contribution in [0.15, 0.2) is 0 Å². The molecular formula is C16H36ClP. The predicted molar refractivity (Wildman–Crippen MR) is 92.5 cm³/mol. The summed E-state index contributed by atoms with van der Waals surface area (Å²) in [5.41, 5.74) is 0. The summed E-state index contributed by atoms with van der Waals surface area (Å²) in [7, 11) is -0.954. The summed E-state index contributed by atoms with van der Waals surface area (Å²) in [5.74, 6) is 0.861. The summed E-state index contributed by atoms with van der Waals surface area (Å²) in [5, 5.41) is 0. The van der Waals surface area contributed by atoms with Crippen LogP contribution in [0.4, 0.5) is 0 Å². The van der Waals surface area contributed by atoms with E-state index in [4.69, 9.17) is 11.6 Å². The van der Waals surface area contributed by atoms with Crippen molar-refractivity contribution in [1.82, 2.24) is 0 Å². The van der Waals surface area contributed by atoms with Gasteiger partial charge in [-0.15, -0.1) is 0 Å². The molecule has 0 nitrogen and oxygen atoms in total. The first-order valence-corrected chi connectivity index (χ1v) is 11.7. The molecule has 0 fully saturated rings. The zero-order chi connectivity index (χ0) is 13.7. The summed E-state index contributed by atoms with van der Waals surface area (Å²) >= 11 is 5.86. The van der Waals surface area contributed by atoms with Gasteiger partial charge < -0.3 is 0 Å². The van der Waals surface area contributed by atoms with Crippen LogP contribution >= 0.6 is 18.9 Å². The molecule has 0 unspecified atom stereocenters. The second-order valence-electron chi connectivity index (χ2n) is 5.96. The van der Waals surface area contributed by atoms with Crippen LogP contribution in [0.3, 0.4) is 0 Å². The fourth-order valence-corrected chi connectivity index (χ4v) is 9.00. The average Bonchev–Trinajstić information content (AvgIpc) is 2.40. The minimum absolute atomic E-state index is 0.861. The van der Waals surface area contributed by atoms with Crippen LogP contribution in [-0.2, 0) is 0 Å². The van der Waals surface area contributed by atoms with E-state index in [-0.39, 0.29) is 0 Å². The molecule has 18 heavy (non-hydrogen) atoms. The summed E-state index contributed by atoms with van der Waals surface area (Å²) < 4.78 is 0. The molecule has 2 heteroatoms. The van der Waals surface area contributed by atoms with Gasteiger partial charge in [0.15, 0.2) is 0 Å². The molecule has 0 aromatic heterocycles. The molecule has 0 spiro atoms. The molecule has 0 aliphatic carbocycles.